The van der Waals surface area contributed by atoms with Crippen LogP contribution < -0.4 is 11.1 Å². The molecule has 1 heterocycles. The van der Waals surface area contributed by atoms with E-state index in [2.05, 4.69) is 5.32 Å². The average Bonchev–Trinajstić information content (AvgIpc) is 2.74. The highest BCUT2D eigenvalue weighted by atomic mass is 16.5. The van der Waals surface area contributed by atoms with Gasteiger partial charge in [0.1, 0.15) is 0 Å². The summed E-state index contributed by atoms with van der Waals surface area (Å²) in [5.74, 6) is 0.889. The van der Waals surface area contributed by atoms with Gasteiger partial charge in [-0.15, -0.1) is 0 Å². The third-order valence-corrected chi connectivity index (χ3v) is 4.39. The maximum atomic E-state index is 11.9. The molecule has 0 aromatic rings. The van der Waals surface area contributed by atoms with Gasteiger partial charge in [-0.25, -0.2) is 0 Å². The maximum Gasteiger partial charge on any atom is 0.220 e. The number of nitrogens with two attached hydrogens (primary N) is 1. The SMILES string of the molecule is CC1OCCC1NC(=O)CCC1CCC(N)CC1. The molecule has 1 aliphatic heterocycles. The molecule has 18 heavy (non-hydrogen) atoms. The van der Waals surface area contributed by atoms with Crippen molar-refractivity contribution in [3.05, 3.63) is 0 Å². The van der Waals surface area contributed by atoms with E-state index in [0.717, 1.165) is 32.3 Å². The first kappa shape index (κ1) is 13.8. The molecule has 1 saturated heterocycles. The molecule has 0 aromatic carbocycles. The van der Waals surface area contributed by atoms with Gasteiger partial charge >= 0.3 is 0 Å². The second-order valence-corrected chi connectivity index (χ2v) is 5.86. The highest BCUT2D eigenvalue weighted by molar-refractivity contribution is 5.76. The van der Waals surface area contributed by atoms with Crippen LogP contribution in [0.4, 0.5) is 0 Å². The quantitative estimate of drug-likeness (QED) is 0.800. The molecule has 1 saturated carbocycles. The minimum Gasteiger partial charge on any atom is -0.376 e. The fourth-order valence-electron chi connectivity index (χ4n) is 3.01. The van der Waals surface area contributed by atoms with Crippen LogP contribution in [0.2, 0.25) is 0 Å². The smallest absolute Gasteiger partial charge is 0.220 e. The van der Waals surface area contributed by atoms with Gasteiger partial charge in [-0.05, 0) is 51.4 Å². The fraction of sp³-hybridized carbons (Fsp3) is 0.929. The standard InChI is InChI=1S/C14H26N2O2/c1-10-13(8-9-18-10)16-14(17)7-4-11-2-5-12(15)6-3-11/h10-13H,2-9,15H2,1H3,(H,16,17). The third-order valence-electron chi connectivity index (χ3n) is 4.39. The van der Waals surface area contributed by atoms with E-state index in [1.807, 2.05) is 6.92 Å². The molecular formula is C14H26N2O2. The zero-order chi connectivity index (χ0) is 13.0. The lowest BCUT2D eigenvalue weighted by Crippen LogP contribution is -2.39. The van der Waals surface area contributed by atoms with Crippen molar-refractivity contribution in [2.24, 2.45) is 11.7 Å². The van der Waals surface area contributed by atoms with E-state index in [4.69, 9.17) is 10.5 Å². The minimum atomic E-state index is 0.168. The van der Waals surface area contributed by atoms with Crippen LogP contribution in [-0.4, -0.2) is 30.7 Å². The summed E-state index contributed by atoms with van der Waals surface area (Å²) in [6.45, 7) is 2.80. The summed E-state index contributed by atoms with van der Waals surface area (Å²) < 4.78 is 5.44. The van der Waals surface area contributed by atoms with Crippen LogP contribution in [-0.2, 0) is 9.53 Å². The molecule has 4 heteroatoms. The Kier molecular flexibility index (Phi) is 5.01. The Balaban J connectivity index is 1.62. The van der Waals surface area contributed by atoms with Crippen molar-refractivity contribution >= 4 is 5.91 Å². The largest absolute Gasteiger partial charge is 0.376 e. The topological polar surface area (TPSA) is 64.3 Å². The highest BCUT2D eigenvalue weighted by Crippen LogP contribution is 2.26. The van der Waals surface area contributed by atoms with Gasteiger partial charge in [0.15, 0.2) is 0 Å². The van der Waals surface area contributed by atoms with E-state index in [-0.39, 0.29) is 18.1 Å². The van der Waals surface area contributed by atoms with Crippen molar-refractivity contribution < 1.29 is 9.53 Å². The molecule has 2 atom stereocenters. The van der Waals surface area contributed by atoms with Crippen molar-refractivity contribution in [1.82, 2.24) is 5.32 Å². The van der Waals surface area contributed by atoms with E-state index in [9.17, 15) is 4.79 Å². The molecule has 2 fully saturated rings. The molecule has 0 radical (unpaired) electrons. The number of amides is 1. The van der Waals surface area contributed by atoms with Crippen LogP contribution in [0, 0.1) is 5.92 Å². The molecule has 1 amide bonds. The Labute approximate surface area is 110 Å². The van der Waals surface area contributed by atoms with E-state index in [1.165, 1.54) is 12.8 Å². The van der Waals surface area contributed by atoms with Gasteiger partial charge in [-0.2, -0.15) is 0 Å². The molecular weight excluding hydrogens is 228 g/mol. The molecule has 0 spiro atoms. The summed E-state index contributed by atoms with van der Waals surface area (Å²) in [7, 11) is 0. The molecule has 0 aromatic heterocycles. The zero-order valence-electron chi connectivity index (χ0n) is 11.4. The zero-order valence-corrected chi connectivity index (χ0v) is 11.4. The van der Waals surface area contributed by atoms with Crippen LogP contribution in [0.5, 0.6) is 0 Å². The van der Waals surface area contributed by atoms with Gasteiger partial charge in [-0.1, -0.05) is 0 Å². The van der Waals surface area contributed by atoms with Crippen molar-refractivity contribution in [2.75, 3.05) is 6.61 Å². The first-order valence-corrected chi connectivity index (χ1v) is 7.31. The fourth-order valence-corrected chi connectivity index (χ4v) is 3.01. The van der Waals surface area contributed by atoms with E-state index < -0.39 is 0 Å². The Morgan fingerprint density at radius 3 is 2.61 bits per heavy atom. The molecule has 3 N–H and O–H groups in total. The second kappa shape index (κ2) is 6.53. The molecule has 104 valence electrons. The van der Waals surface area contributed by atoms with Gasteiger partial charge in [0.25, 0.3) is 0 Å². The van der Waals surface area contributed by atoms with E-state index in [1.54, 1.807) is 0 Å². The lowest BCUT2D eigenvalue weighted by molar-refractivity contribution is -0.122. The lowest BCUT2D eigenvalue weighted by atomic mass is 9.84. The summed E-state index contributed by atoms with van der Waals surface area (Å²) in [4.78, 5) is 11.9. The summed E-state index contributed by atoms with van der Waals surface area (Å²) in [6, 6.07) is 0.615. The summed E-state index contributed by atoms with van der Waals surface area (Å²) in [6.07, 6.45) is 7.42. The van der Waals surface area contributed by atoms with Crippen LogP contribution >= 0.6 is 0 Å². The van der Waals surface area contributed by atoms with E-state index in [0.29, 0.717) is 18.4 Å². The van der Waals surface area contributed by atoms with Crippen LogP contribution in [0.1, 0.15) is 51.9 Å². The number of rotatable bonds is 4. The first-order valence-electron chi connectivity index (χ1n) is 7.31. The number of ether oxygens (including phenoxy) is 1. The van der Waals surface area contributed by atoms with Crippen molar-refractivity contribution in [2.45, 2.75) is 70.1 Å². The molecule has 2 unspecified atom stereocenters. The lowest BCUT2D eigenvalue weighted by Gasteiger charge is -2.26. The number of hydrogen-bond donors (Lipinski definition) is 2. The van der Waals surface area contributed by atoms with Crippen molar-refractivity contribution in [3.63, 3.8) is 0 Å². The van der Waals surface area contributed by atoms with Gasteiger partial charge in [0, 0.05) is 19.1 Å². The summed E-state index contributed by atoms with van der Waals surface area (Å²) >= 11 is 0. The third kappa shape index (κ3) is 3.95. The molecule has 4 nitrogen and oxygen atoms in total. The number of carbonyl (C=O) groups excluding carboxylic acids is 1. The maximum absolute atomic E-state index is 11.9. The predicted molar refractivity (Wildman–Crippen MR) is 71.1 cm³/mol. The Bertz CT molecular complexity index is 275. The van der Waals surface area contributed by atoms with E-state index >= 15 is 0 Å². The Hall–Kier alpha value is -0.610. The summed E-state index contributed by atoms with van der Waals surface area (Å²) in [5.41, 5.74) is 5.88. The first-order chi connectivity index (χ1) is 8.65. The molecule has 1 aliphatic carbocycles. The normalized spacial score (nSPS) is 36.6. The van der Waals surface area contributed by atoms with Crippen LogP contribution in [0.25, 0.3) is 0 Å². The van der Waals surface area contributed by atoms with Crippen molar-refractivity contribution in [1.29, 1.82) is 0 Å². The average molecular weight is 254 g/mol. The highest BCUT2D eigenvalue weighted by Gasteiger charge is 2.26. The molecule has 0 bridgehead atoms. The van der Waals surface area contributed by atoms with Crippen molar-refractivity contribution in [3.8, 4) is 0 Å². The number of nitrogens with one attached hydrogen (secondary N) is 1. The Morgan fingerprint density at radius 1 is 1.28 bits per heavy atom. The minimum absolute atomic E-state index is 0.168. The van der Waals surface area contributed by atoms with Crippen LogP contribution in [0.3, 0.4) is 0 Å². The van der Waals surface area contributed by atoms with Gasteiger partial charge in [-0.3, -0.25) is 4.79 Å². The van der Waals surface area contributed by atoms with Gasteiger partial charge in [0.2, 0.25) is 5.91 Å². The van der Waals surface area contributed by atoms with Crippen LogP contribution in [0.15, 0.2) is 0 Å². The Morgan fingerprint density at radius 2 is 2.00 bits per heavy atom. The molecule has 2 aliphatic rings. The van der Waals surface area contributed by atoms with Gasteiger partial charge in [0.05, 0.1) is 12.1 Å². The molecule has 2 rings (SSSR count). The second-order valence-electron chi connectivity index (χ2n) is 5.86. The monoisotopic (exact) mass is 254 g/mol. The van der Waals surface area contributed by atoms with Gasteiger partial charge < -0.3 is 15.8 Å². The number of carbonyl (C=O) groups is 1. The predicted octanol–water partition coefficient (Wildman–Crippen LogP) is 1.58. The summed E-state index contributed by atoms with van der Waals surface area (Å²) in [5, 5.41) is 3.09. The number of hydrogen-bond acceptors (Lipinski definition) is 3.